The Morgan fingerprint density at radius 1 is 1.37 bits per heavy atom. The number of amides is 1. The molecule has 2 rings (SSSR count). The Hall–Kier alpha value is -2.31. The number of nitrogens with one attached hydrogen (secondary N) is 1. The molecule has 0 saturated heterocycles. The van der Waals surface area contributed by atoms with Crippen molar-refractivity contribution in [3.05, 3.63) is 30.2 Å². The van der Waals surface area contributed by atoms with Crippen LogP contribution in [-0.2, 0) is 18.3 Å². The van der Waals surface area contributed by atoms with Gasteiger partial charge in [-0.25, -0.2) is 9.67 Å². The molecule has 7 nitrogen and oxygen atoms in total. The number of nitrogens with zero attached hydrogens (tertiary/aromatic N) is 5. The summed E-state index contributed by atoms with van der Waals surface area (Å²) in [7, 11) is 1.81. The summed E-state index contributed by atoms with van der Waals surface area (Å²) in [5, 5.41) is 14.0. The van der Waals surface area contributed by atoms with Crippen LogP contribution in [0.25, 0.3) is 0 Å². The second-order valence-electron chi connectivity index (χ2n) is 4.19. The summed E-state index contributed by atoms with van der Waals surface area (Å²) in [5.41, 5.74) is 0. The van der Waals surface area contributed by atoms with Crippen LogP contribution < -0.4 is 5.32 Å². The molecule has 2 heterocycles. The highest BCUT2D eigenvalue weighted by Crippen LogP contribution is 2.05. The van der Waals surface area contributed by atoms with Crippen molar-refractivity contribution >= 4 is 11.7 Å². The highest BCUT2D eigenvalue weighted by atomic mass is 16.1. The van der Waals surface area contributed by atoms with Gasteiger partial charge in [-0.15, -0.1) is 5.10 Å². The van der Waals surface area contributed by atoms with Crippen molar-refractivity contribution in [3.63, 3.8) is 0 Å². The lowest BCUT2D eigenvalue weighted by Crippen LogP contribution is -2.12. The number of tetrazole rings is 1. The van der Waals surface area contributed by atoms with E-state index in [1.54, 1.807) is 16.9 Å². The van der Waals surface area contributed by atoms with Crippen molar-refractivity contribution in [1.29, 1.82) is 0 Å². The van der Waals surface area contributed by atoms with Crippen molar-refractivity contribution in [2.75, 3.05) is 5.32 Å². The average molecular weight is 260 g/mol. The minimum atomic E-state index is -0.0187. The van der Waals surface area contributed by atoms with Gasteiger partial charge in [-0.2, -0.15) is 0 Å². The lowest BCUT2D eigenvalue weighted by molar-refractivity contribution is -0.116. The van der Waals surface area contributed by atoms with Crippen LogP contribution in [0.2, 0.25) is 0 Å². The largest absolute Gasteiger partial charge is 0.311 e. The molecule has 0 radical (unpaired) electrons. The molecule has 0 fully saturated rings. The molecule has 1 amide bonds. The Balaban J connectivity index is 1.66. The van der Waals surface area contributed by atoms with Gasteiger partial charge in [0.2, 0.25) is 5.91 Å². The summed E-state index contributed by atoms with van der Waals surface area (Å²) in [6, 6.07) is 5.41. The van der Waals surface area contributed by atoms with E-state index in [0.717, 1.165) is 25.1 Å². The number of aromatic nitrogens is 5. The highest BCUT2D eigenvalue weighted by Gasteiger charge is 2.05. The Morgan fingerprint density at radius 3 is 2.95 bits per heavy atom. The number of anilines is 1. The zero-order valence-electron chi connectivity index (χ0n) is 10.8. The van der Waals surface area contributed by atoms with Crippen LogP contribution in [0.5, 0.6) is 0 Å². The SMILES string of the molecule is Cn1nnnc1CCCCC(=O)Nc1ccccn1. The summed E-state index contributed by atoms with van der Waals surface area (Å²) in [6.07, 6.45) is 4.58. The van der Waals surface area contributed by atoms with Gasteiger partial charge in [0.1, 0.15) is 5.82 Å². The van der Waals surface area contributed by atoms with Crippen LogP contribution in [-0.4, -0.2) is 31.1 Å². The Morgan fingerprint density at radius 2 is 2.26 bits per heavy atom. The van der Waals surface area contributed by atoms with Gasteiger partial charge in [0.05, 0.1) is 0 Å². The summed E-state index contributed by atoms with van der Waals surface area (Å²) in [6.45, 7) is 0. The number of hydrogen-bond acceptors (Lipinski definition) is 5. The topological polar surface area (TPSA) is 85.6 Å². The highest BCUT2D eigenvalue weighted by molar-refractivity contribution is 5.89. The maximum absolute atomic E-state index is 11.6. The Bertz CT molecular complexity index is 524. The lowest BCUT2D eigenvalue weighted by Gasteiger charge is -2.03. The summed E-state index contributed by atoms with van der Waals surface area (Å²) in [5.74, 6) is 1.41. The van der Waals surface area contributed by atoms with Crippen LogP contribution in [0.3, 0.4) is 0 Å². The van der Waals surface area contributed by atoms with Gasteiger partial charge in [0, 0.05) is 26.1 Å². The number of rotatable bonds is 6. The first-order valence-electron chi connectivity index (χ1n) is 6.18. The van der Waals surface area contributed by atoms with Gasteiger partial charge in [-0.1, -0.05) is 6.07 Å². The third kappa shape index (κ3) is 4.13. The molecule has 0 aliphatic rings. The van der Waals surface area contributed by atoms with Gasteiger partial charge in [-0.3, -0.25) is 4.79 Å². The fourth-order valence-electron chi connectivity index (χ4n) is 1.67. The van der Waals surface area contributed by atoms with E-state index in [1.165, 1.54) is 0 Å². The van der Waals surface area contributed by atoms with E-state index < -0.39 is 0 Å². The van der Waals surface area contributed by atoms with Crippen molar-refractivity contribution in [1.82, 2.24) is 25.2 Å². The number of aryl methyl sites for hydroxylation is 2. The molecule has 1 N–H and O–H groups in total. The molecule has 0 aliphatic carbocycles. The average Bonchev–Trinajstić information content (AvgIpc) is 2.81. The molecule has 7 heteroatoms. The van der Waals surface area contributed by atoms with Crippen LogP contribution in [0.1, 0.15) is 25.1 Å². The number of carbonyl (C=O) groups excluding carboxylic acids is 1. The number of carbonyl (C=O) groups is 1. The van der Waals surface area contributed by atoms with Gasteiger partial charge in [0.15, 0.2) is 5.82 Å². The quantitative estimate of drug-likeness (QED) is 0.782. The molecule has 2 aromatic rings. The maximum Gasteiger partial charge on any atom is 0.225 e. The molecule has 0 aromatic carbocycles. The first-order valence-corrected chi connectivity index (χ1v) is 6.18. The normalized spacial score (nSPS) is 10.4. The molecule has 0 aliphatic heterocycles. The zero-order chi connectivity index (χ0) is 13.5. The Labute approximate surface area is 111 Å². The second-order valence-corrected chi connectivity index (χ2v) is 4.19. The van der Waals surface area contributed by atoms with E-state index in [-0.39, 0.29) is 5.91 Å². The van der Waals surface area contributed by atoms with Crippen LogP contribution in [0.15, 0.2) is 24.4 Å². The third-order valence-electron chi connectivity index (χ3n) is 2.69. The molecule has 19 heavy (non-hydrogen) atoms. The molecule has 0 saturated carbocycles. The van der Waals surface area contributed by atoms with Gasteiger partial charge >= 0.3 is 0 Å². The molecule has 100 valence electrons. The first kappa shape index (κ1) is 13.1. The monoisotopic (exact) mass is 260 g/mol. The van der Waals surface area contributed by atoms with E-state index in [4.69, 9.17) is 0 Å². The van der Waals surface area contributed by atoms with Gasteiger partial charge in [-0.05, 0) is 35.4 Å². The molecule has 0 atom stereocenters. The van der Waals surface area contributed by atoms with E-state index in [2.05, 4.69) is 25.8 Å². The summed E-state index contributed by atoms with van der Waals surface area (Å²) in [4.78, 5) is 15.7. The van der Waals surface area contributed by atoms with Gasteiger partial charge < -0.3 is 5.32 Å². The van der Waals surface area contributed by atoms with Crippen LogP contribution in [0, 0.1) is 0 Å². The van der Waals surface area contributed by atoms with E-state index >= 15 is 0 Å². The molecule has 0 unspecified atom stereocenters. The fourth-order valence-corrected chi connectivity index (χ4v) is 1.67. The lowest BCUT2D eigenvalue weighted by atomic mass is 10.2. The number of unbranched alkanes of at least 4 members (excludes halogenated alkanes) is 1. The minimum absolute atomic E-state index is 0.0187. The van der Waals surface area contributed by atoms with Crippen molar-refractivity contribution in [3.8, 4) is 0 Å². The van der Waals surface area contributed by atoms with E-state index in [9.17, 15) is 4.79 Å². The molecular weight excluding hydrogens is 244 g/mol. The van der Waals surface area contributed by atoms with Crippen molar-refractivity contribution < 1.29 is 4.79 Å². The predicted octanol–water partition coefficient (Wildman–Crippen LogP) is 0.957. The maximum atomic E-state index is 11.6. The number of pyridine rings is 1. The molecule has 0 bridgehead atoms. The van der Waals surface area contributed by atoms with Crippen LogP contribution in [0.4, 0.5) is 5.82 Å². The molecular formula is C12H16N6O. The fraction of sp³-hybridized carbons (Fsp3) is 0.417. The summed E-state index contributed by atoms with van der Waals surface area (Å²) >= 11 is 0. The second kappa shape index (κ2) is 6.58. The molecule has 2 aromatic heterocycles. The smallest absolute Gasteiger partial charge is 0.225 e. The van der Waals surface area contributed by atoms with Crippen molar-refractivity contribution in [2.45, 2.75) is 25.7 Å². The zero-order valence-corrected chi connectivity index (χ0v) is 10.8. The van der Waals surface area contributed by atoms with Crippen molar-refractivity contribution in [2.24, 2.45) is 7.05 Å². The Kier molecular flexibility index (Phi) is 4.54. The third-order valence-corrected chi connectivity index (χ3v) is 2.69. The van der Waals surface area contributed by atoms with E-state index in [1.807, 2.05) is 19.2 Å². The molecule has 0 spiro atoms. The first-order chi connectivity index (χ1) is 9.25. The standard InChI is InChI=1S/C12H16N6O/c1-18-11(15-16-17-18)7-2-3-8-12(19)14-10-6-4-5-9-13-10/h4-6,9H,2-3,7-8H2,1H3,(H,13,14,19). The minimum Gasteiger partial charge on any atom is -0.311 e. The predicted molar refractivity (Wildman–Crippen MR) is 69.2 cm³/mol. The summed E-state index contributed by atoms with van der Waals surface area (Å²) < 4.78 is 1.65. The van der Waals surface area contributed by atoms with Crippen LogP contribution >= 0.6 is 0 Å². The number of hydrogen-bond donors (Lipinski definition) is 1. The van der Waals surface area contributed by atoms with E-state index in [0.29, 0.717) is 12.2 Å². The van der Waals surface area contributed by atoms with Gasteiger partial charge in [0.25, 0.3) is 0 Å².